The molecule has 3 aromatic carbocycles. The lowest BCUT2D eigenvalue weighted by Crippen LogP contribution is -2.38. The first-order valence-electron chi connectivity index (χ1n) is 9.93. The van der Waals surface area contributed by atoms with E-state index in [0.29, 0.717) is 11.8 Å². The van der Waals surface area contributed by atoms with Crippen LogP contribution >= 0.6 is 11.6 Å². The van der Waals surface area contributed by atoms with Gasteiger partial charge in [-0.3, -0.25) is 9.10 Å². The Bertz CT molecular complexity index is 1320. The third-order valence-corrected chi connectivity index (χ3v) is 6.95. The first kappa shape index (κ1) is 26.2. The van der Waals surface area contributed by atoms with E-state index >= 15 is 0 Å². The number of alkyl halides is 3. The molecule has 0 unspecified atom stereocenters. The molecule has 7 nitrogen and oxygen atoms in total. The Morgan fingerprint density at radius 3 is 2.29 bits per heavy atom. The van der Waals surface area contributed by atoms with Gasteiger partial charge in [0.2, 0.25) is 5.91 Å². The van der Waals surface area contributed by atoms with Crippen molar-refractivity contribution in [3.05, 3.63) is 77.3 Å². The van der Waals surface area contributed by atoms with Gasteiger partial charge in [0.15, 0.2) is 0 Å². The molecule has 0 saturated heterocycles. The lowest BCUT2D eigenvalue weighted by Gasteiger charge is -2.26. The van der Waals surface area contributed by atoms with E-state index in [9.17, 15) is 26.4 Å². The van der Waals surface area contributed by atoms with E-state index in [1.807, 2.05) is 0 Å². The molecule has 0 fully saturated rings. The zero-order valence-electron chi connectivity index (χ0n) is 18.5. The summed E-state index contributed by atoms with van der Waals surface area (Å²) in [5, 5.41) is 2.12. The number of hydrogen-bond donors (Lipinski definition) is 1. The van der Waals surface area contributed by atoms with Gasteiger partial charge in [-0.25, -0.2) is 8.42 Å². The summed E-state index contributed by atoms with van der Waals surface area (Å²) in [5.74, 6) is -0.458. The number of carbonyl (C=O) groups is 1. The number of ether oxygens (including phenoxy) is 2. The monoisotopic (exact) mass is 528 g/mol. The molecule has 1 amide bonds. The van der Waals surface area contributed by atoms with E-state index in [-0.39, 0.29) is 27.0 Å². The van der Waals surface area contributed by atoms with Gasteiger partial charge in [0.05, 0.1) is 41.1 Å². The van der Waals surface area contributed by atoms with Gasteiger partial charge in [-0.1, -0.05) is 29.8 Å². The highest BCUT2D eigenvalue weighted by Crippen LogP contribution is 2.36. The van der Waals surface area contributed by atoms with Crippen molar-refractivity contribution in [1.82, 2.24) is 0 Å². The van der Waals surface area contributed by atoms with Gasteiger partial charge in [-0.15, -0.1) is 0 Å². The quantitative estimate of drug-likeness (QED) is 0.434. The predicted molar refractivity (Wildman–Crippen MR) is 126 cm³/mol. The molecule has 0 spiro atoms. The number of hydrogen-bond acceptors (Lipinski definition) is 5. The van der Waals surface area contributed by atoms with Gasteiger partial charge in [0.1, 0.15) is 18.0 Å². The number of methoxy groups -OCH3 is 2. The Labute approximate surface area is 205 Å². The van der Waals surface area contributed by atoms with Crippen LogP contribution in [0.3, 0.4) is 0 Å². The third-order valence-electron chi connectivity index (χ3n) is 4.84. The molecule has 0 heterocycles. The topological polar surface area (TPSA) is 84.9 Å². The first-order valence-corrected chi connectivity index (χ1v) is 11.8. The van der Waals surface area contributed by atoms with Crippen molar-refractivity contribution >= 4 is 38.9 Å². The fraction of sp³-hybridized carbons (Fsp3) is 0.174. The van der Waals surface area contributed by atoms with Crippen molar-refractivity contribution < 1.29 is 35.9 Å². The number of nitrogens with zero attached hydrogens (tertiary/aromatic N) is 1. The summed E-state index contributed by atoms with van der Waals surface area (Å²) in [6.45, 7) is -0.785. The SMILES string of the molecule is COc1ccc(N(CC(=O)Nc2cc(C(F)(F)F)ccc2Cl)S(=O)(=O)c2ccccc2)c(OC)c1. The number of amides is 1. The maximum Gasteiger partial charge on any atom is 0.416 e. The van der Waals surface area contributed by atoms with E-state index in [2.05, 4.69) is 5.32 Å². The lowest BCUT2D eigenvalue weighted by molar-refractivity contribution is -0.137. The molecule has 0 saturated carbocycles. The van der Waals surface area contributed by atoms with Crippen molar-refractivity contribution in [1.29, 1.82) is 0 Å². The summed E-state index contributed by atoms with van der Waals surface area (Å²) in [7, 11) is -1.57. The smallest absolute Gasteiger partial charge is 0.416 e. The Kier molecular flexibility index (Phi) is 7.81. The summed E-state index contributed by atoms with van der Waals surface area (Å²) >= 11 is 5.96. The van der Waals surface area contributed by atoms with E-state index in [1.54, 1.807) is 6.07 Å². The van der Waals surface area contributed by atoms with Crippen molar-refractivity contribution in [2.45, 2.75) is 11.1 Å². The molecule has 3 aromatic rings. The number of halogens is 4. The van der Waals surface area contributed by atoms with Crippen molar-refractivity contribution in [2.24, 2.45) is 0 Å². The average Bonchev–Trinajstić information content (AvgIpc) is 2.83. The van der Waals surface area contributed by atoms with Crippen molar-refractivity contribution in [3.8, 4) is 11.5 Å². The number of anilines is 2. The highest BCUT2D eigenvalue weighted by atomic mass is 35.5. The van der Waals surface area contributed by atoms with E-state index in [0.717, 1.165) is 16.4 Å². The van der Waals surface area contributed by atoms with Crippen molar-refractivity contribution in [2.75, 3.05) is 30.4 Å². The van der Waals surface area contributed by atoms with E-state index in [4.69, 9.17) is 21.1 Å². The van der Waals surface area contributed by atoms with Crippen LogP contribution in [0.4, 0.5) is 24.5 Å². The second kappa shape index (κ2) is 10.4. The van der Waals surface area contributed by atoms with Crippen molar-refractivity contribution in [3.63, 3.8) is 0 Å². The molecule has 12 heteroatoms. The number of nitrogens with one attached hydrogen (secondary N) is 1. The molecular weight excluding hydrogens is 509 g/mol. The molecule has 35 heavy (non-hydrogen) atoms. The summed E-state index contributed by atoms with van der Waals surface area (Å²) < 4.78 is 77.5. The molecule has 0 aliphatic rings. The molecule has 3 rings (SSSR count). The van der Waals surface area contributed by atoms with Crippen LogP contribution in [0.2, 0.25) is 5.02 Å². The summed E-state index contributed by atoms with van der Waals surface area (Å²) in [4.78, 5) is 12.8. The number of carbonyl (C=O) groups excluding carboxylic acids is 1. The van der Waals surface area contributed by atoms with Crippen LogP contribution in [0.15, 0.2) is 71.6 Å². The minimum atomic E-state index is -4.66. The van der Waals surface area contributed by atoms with Gasteiger partial charge >= 0.3 is 6.18 Å². The van der Waals surface area contributed by atoms with Crippen LogP contribution < -0.4 is 19.1 Å². The van der Waals surface area contributed by atoms with Gasteiger partial charge in [0, 0.05) is 6.07 Å². The molecule has 0 aliphatic carbocycles. The molecule has 0 aliphatic heterocycles. The molecule has 0 radical (unpaired) electrons. The van der Waals surface area contributed by atoms with Gasteiger partial charge < -0.3 is 14.8 Å². The van der Waals surface area contributed by atoms with Crippen LogP contribution in [-0.2, 0) is 21.0 Å². The normalized spacial score (nSPS) is 11.6. The van der Waals surface area contributed by atoms with Gasteiger partial charge in [-0.2, -0.15) is 13.2 Å². The van der Waals surface area contributed by atoms with Crippen LogP contribution in [0, 0.1) is 0 Å². The predicted octanol–water partition coefficient (Wildman–Crippen LogP) is 5.21. The highest BCUT2D eigenvalue weighted by molar-refractivity contribution is 7.92. The van der Waals surface area contributed by atoms with Crippen LogP contribution in [0.25, 0.3) is 0 Å². The first-order chi connectivity index (χ1) is 16.5. The zero-order valence-corrected chi connectivity index (χ0v) is 20.0. The molecule has 0 aromatic heterocycles. The molecule has 0 atom stereocenters. The Balaban J connectivity index is 2.02. The fourth-order valence-electron chi connectivity index (χ4n) is 3.13. The van der Waals surface area contributed by atoms with Gasteiger partial charge in [0.25, 0.3) is 10.0 Å². The Morgan fingerprint density at radius 1 is 1.00 bits per heavy atom. The summed E-state index contributed by atoms with van der Waals surface area (Å²) in [5.41, 5.74) is -1.32. The zero-order chi connectivity index (χ0) is 25.8. The maximum atomic E-state index is 13.5. The average molecular weight is 529 g/mol. The van der Waals surface area contributed by atoms with Crippen LogP contribution in [0.5, 0.6) is 11.5 Å². The van der Waals surface area contributed by atoms with Crippen LogP contribution in [0.1, 0.15) is 5.56 Å². The maximum absolute atomic E-state index is 13.5. The number of benzene rings is 3. The molecule has 186 valence electrons. The standard InChI is InChI=1S/C23H20ClF3N2O5S/c1-33-16-9-11-20(21(13-16)34-2)29(35(31,32)17-6-4-3-5-7-17)14-22(30)28-19-12-15(23(25,26)27)8-10-18(19)24/h3-13H,14H2,1-2H3,(H,28,30). The molecule has 0 bridgehead atoms. The number of rotatable bonds is 8. The highest BCUT2D eigenvalue weighted by Gasteiger charge is 2.32. The molecule has 1 N–H and O–H groups in total. The number of sulfonamides is 1. The lowest BCUT2D eigenvalue weighted by atomic mass is 10.2. The van der Waals surface area contributed by atoms with E-state index in [1.165, 1.54) is 56.7 Å². The second-order valence-electron chi connectivity index (χ2n) is 7.10. The van der Waals surface area contributed by atoms with Crippen LogP contribution in [-0.4, -0.2) is 35.1 Å². The fourth-order valence-corrected chi connectivity index (χ4v) is 4.75. The third kappa shape index (κ3) is 5.98. The Morgan fingerprint density at radius 2 is 1.69 bits per heavy atom. The largest absolute Gasteiger partial charge is 0.497 e. The summed E-state index contributed by atoms with van der Waals surface area (Å²) in [6, 6.07) is 14.1. The summed E-state index contributed by atoms with van der Waals surface area (Å²) in [6.07, 6.45) is -4.66. The van der Waals surface area contributed by atoms with Gasteiger partial charge in [-0.05, 0) is 42.5 Å². The van der Waals surface area contributed by atoms with E-state index < -0.39 is 34.2 Å². The Hall–Kier alpha value is -3.44. The minimum absolute atomic E-state index is 0.0162. The minimum Gasteiger partial charge on any atom is -0.497 e. The molecular formula is C23H20ClF3N2O5S. The second-order valence-corrected chi connectivity index (χ2v) is 9.37.